The lowest BCUT2D eigenvalue weighted by Crippen LogP contribution is -2.30. The highest BCUT2D eigenvalue weighted by molar-refractivity contribution is 8.25. The van der Waals surface area contributed by atoms with Gasteiger partial charge in [-0.3, -0.25) is 24.4 Å². The van der Waals surface area contributed by atoms with E-state index in [1.165, 1.54) is 47.4 Å². The van der Waals surface area contributed by atoms with Gasteiger partial charge in [0.05, 0.1) is 10.6 Å². The first-order valence-corrected chi connectivity index (χ1v) is 10.2. The van der Waals surface area contributed by atoms with Crippen molar-refractivity contribution in [2.75, 3.05) is 4.90 Å². The summed E-state index contributed by atoms with van der Waals surface area (Å²) >= 11 is 6.09. The number of rotatable bonds is 5. The summed E-state index contributed by atoms with van der Waals surface area (Å²) in [6, 6.07) is 10.6. The highest BCUT2D eigenvalue weighted by Gasteiger charge is 2.38. The minimum absolute atomic E-state index is 0.127. The number of anilines is 1. The average Bonchev–Trinajstić information content (AvgIpc) is 2.93. The first-order valence-electron chi connectivity index (χ1n) is 7.45. The number of carbonyl (C=O) groups excluding carboxylic acids is 1. The Balaban J connectivity index is 1.85. The van der Waals surface area contributed by atoms with Gasteiger partial charge < -0.3 is 0 Å². The number of carbonyl (C=O) groups is 1. The molecule has 2 aromatic carbocycles. The Morgan fingerprint density at radius 3 is 2.43 bits per heavy atom. The lowest BCUT2D eigenvalue weighted by Gasteiger charge is -2.14. The molecule has 0 aliphatic carbocycles. The van der Waals surface area contributed by atoms with Gasteiger partial charge in [-0.15, -0.1) is 0 Å². The second-order valence-electron chi connectivity index (χ2n) is 5.34. The summed E-state index contributed by atoms with van der Waals surface area (Å²) in [5.41, 5.74) is 0.0780. The van der Waals surface area contributed by atoms with Crippen molar-refractivity contribution in [2.45, 2.75) is 10.3 Å². The molecule has 10 nitrogen and oxygen atoms in total. The largest absolute Gasteiger partial charge is 0.296 e. The first kappa shape index (κ1) is 20.0. The Morgan fingerprint density at radius 1 is 1.18 bits per heavy atom. The van der Waals surface area contributed by atoms with Gasteiger partial charge in [0, 0.05) is 12.1 Å². The molecule has 13 heteroatoms. The number of hydrogen-bond acceptors (Lipinski definition) is 9. The van der Waals surface area contributed by atoms with E-state index < -0.39 is 31.2 Å². The summed E-state index contributed by atoms with van der Waals surface area (Å²) in [7, 11) is -4.51. The zero-order chi connectivity index (χ0) is 20.5. The molecule has 0 radical (unpaired) electrons. The van der Waals surface area contributed by atoms with Gasteiger partial charge in [0.25, 0.3) is 21.7 Å². The SMILES string of the molecule is O=C1C(N=Nc2ccccc2S(=O)(=O)O)SC(=S)N1c1ccc([N+](=O)[O-])cc1. The summed E-state index contributed by atoms with van der Waals surface area (Å²) in [6.45, 7) is 0. The summed E-state index contributed by atoms with van der Waals surface area (Å²) in [6.07, 6.45) is 0. The molecule has 1 fully saturated rings. The number of thiocarbonyl (C=S) groups is 1. The third kappa shape index (κ3) is 4.06. The van der Waals surface area contributed by atoms with Crippen LogP contribution < -0.4 is 4.90 Å². The molecule has 0 aromatic heterocycles. The molecule has 144 valence electrons. The maximum absolute atomic E-state index is 12.6. The predicted molar refractivity (Wildman–Crippen MR) is 105 cm³/mol. The summed E-state index contributed by atoms with van der Waals surface area (Å²) < 4.78 is 32.2. The van der Waals surface area contributed by atoms with Crippen LogP contribution >= 0.6 is 24.0 Å². The van der Waals surface area contributed by atoms with Crippen molar-refractivity contribution in [1.29, 1.82) is 0 Å². The summed E-state index contributed by atoms with van der Waals surface area (Å²) in [5.74, 6) is -0.531. The van der Waals surface area contributed by atoms with E-state index >= 15 is 0 Å². The van der Waals surface area contributed by atoms with Crippen LogP contribution in [0, 0.1) is 10.1 Å². The van der Waals surface area contributed by atoms with E-state index in [4.69, 9.17) is 12.2 Å². The molecule has 1 aliphatic rings. The van der Waals surface area contributed by atoms with E-state index in [0.717, 1.165) is 17.8 Å². The van der Waals surface area contributed by atoms with Gasteiger partial charge in [-0.2, -0.15) is 18.6 Å². The molecule has 1 aliphatic heterocycles. The zero-order valence-corrected chi connectivity index (χ0v) is 16.1. The normalized spacial score (nSPS) is 17.5. The Hall–Kier alpha value is -2.74. The van der Waals surface area contributed by atoms with Crippen molar-refractivity contribution >= 4 is 61.4 Å². The minimum atomic E-state index is -4.51. The number of benzene rings is 2. The molecule has 1 N–H and O–H groups in total. The third-order valence-electron chi connectivity index (χ3n) is 3.56. The predicted octanol–water partition coefficient (Wildman–Crippen LogP) is 3.32. The van der Waals surface area contributed by atoms with Crippen LogP contribution in [0.5, 0.6) is 0 Å². The molecule has 1 atom stereocenters. The quantitative estimate of drug-likeness (QED) is 0.246. The number of amides is 1. The highest BCUT2D eigenvalue weighted by atomic mass is 32.2. The lowest BCUT2D eigenvalue weighted by molar-refractivity contribution is -0.384. The van der Waals surface area contributed by atoms with Crippen molar-refractivity contribution in [3.8, 4) is 0 Å². The highest BCUT2D eigenvalue weighted by Crippen LogP contribution is 2.34. The maximum atomic E-state index is 12.6. The molecule has 1 heterocycles. The van der Waals surface area contributed by atoms with E-state index in [9.17, 15) is 27.9 Å². The van der Waals surface area contributed by atoms with Crippen molar-refractivity contribution in [1.82, 2.24) is 0 Å². The molecule has 2 aromatic rings. The van der Waals surface area contributed by atoms with Crippen molar-refractivity contribution in [3.05, 3.63) is 58.6 Å². The average molecular weight is 438 g/mol. The van der Waals surface area contributed by atoms with Gasteiger partial charge >= 0.3 is 0 Å². The number of azo groups is 1. The van der Waals surface area contributed by atoms with Gasteiger partial charge in [-0.25, -0.2) is 0 Å². The Bertz CT molecular complexity index is 1100. The fourth-order valence-electron chi connectivity index (χ4n) is 2.30. The number of nitro groups is 1. The molecular weight excluding hydrogens is 428 g/mol. The summed E-state index contributed by atoms with van der Waals surface area (Å²) in [4.78, 5) is 23.5. The van der Waals surface area contributed by atoms with E-state index in [1.807, 2.05) is 0 Å². The lowest BCUT2D eigenvalue weighted by atomic mass is 10.2. The summed E-state index contributed by atoms with van der Waals surface area (Å²) in [5, 5.41) is 17.3. The molecule has 1 saturated heterocycles. The second kappa shape index (κ2) is 7.71. The molecular formula is C15H10N4O6S3. The topological polar surface area (TPSA) is 143 Å². The minimum Gasteiger partial charge on any atom is -0.282 e. The van der Waals surface area contributed by atoms with Crippen molar-refractivity contribution in [2.24, 2.45) is 10.2 Å². The van der Waals surface area contributed by atoms with Crippen molar-refractivity contribution in [3.63, 3.8) is 0 Å². The number of non-ortho nitro benzene ring substituents is 1. The van der Waals surface area contributed by atoms with E-state index in [-0.39, 0.29) is 15.7 Å². The van der Waals surface area contributed by atoms with Crippen LogP contribution in [-0.2, 0) is 14.9 Å². The number of thioether (sulfide) groups is 1. The Morgan fingerprint density at radius 2 is 1.82 bits per heavy atom. The van der Waals surface area contributed by atoms with Crippen LogP contribution in [0.15, 0.2) is 63.7 Å². The maximum Gasteiger partial charge on any atom is 0.296 e. The molecule has 0 bridgehead atoms. The third-order valence-corrected chi connectivity index (χ3v) is 5.83. The molecule has 3 rings (SSSR count). The van der Waals surface area contributed by atoms with Crippen LogP contribution in [0.25, 0.3) is 0 Å². The monoisotopic (exact) mass is 438 g/mol. The van der Waals surface area contributed by atoms with Gasteiger partial charge in [0.2, 0.25) is 5.37 Å². The zero-order valence-electron chi connectivity index (χ0n) is 13.7. The van der Waals surface area contributed by atoms with Gasteiger partial charge in [0.1, 0.15) is 14.9 Å². The number of hydrogen-bond donors (Lipinski definition) is 1. The van der Waals surface area contributed by atoms with E-state index in [2.05, 4.69) is 10.2 Å². The molecule has 1 unspecified atom stereocenters. The van der Waals surface area contributed by atoms with E-state index in [0.29, 0.717) is 5.69 Å². The Kier molecular flexibility index (Phi) is 5.51. The number of nitrogens with zero attached hydrogens (tertiary/aromatic N) is 4. The second-order valence-corrected chi connectivity index (χ2v) is 8.45. The van der Waals surface area contributed by atoms with Crippen LogP contribution in [0.4, 0.5) is 17.1 Å². The fraction of sp³-hybridized carbons (Fsp3) is 0.0667. The van der Waals surface area contributed by atoms with Crippen LogP contribution in [0.3, 0.4) is 0 Å². The molecule has 28 heavy (non-hydrogen) atoms. The van der Waals surface area contributed by atoms with Crippen molar-refractivity contribution < 1.29 is 22.7 Å². The fourth-order valence-corrected chi connectivity index (χ4v) is 4.19. The first-order chi connectivity index (χ1) is 13.2. The van der Waals surface area contributed by atoms with Gasteiger partial charge in [0.15, 0.2) is 0 Å². The van der Waals surface area contributed by atoms with Crippen LogP contribution in [-0.4, -0.2) is 33.5 Å². The smallest absolute Gasteiger partial charge is 0.282 e. The molecule has 0 spiro atoms. The standard InChI is InChI=1S/C15H10N4O6S3/c20-14-13(17-16-11-3-1-2-4-12(11)28(23,24)25)27-15(26)18(14)9-5-7-10(8-6-9)19(21)22/h1-8,13H,(H,23,24,25). The van der Waals surface area contributed by atoms with Gasteiger partial charge in [-0.1, -0.05) is 36.1 Å². The van der Waals surface area contributed by atoms with Crippen LogP contribution in [0.1, 0.15) is 0 Å². The van der Waals surface area contributed by atoms with Crippen LogP contribution in [0.2, 0.25) is 0 Å². The molecule has 1 amide bonds. The van der Waals surface area contributed by atoms with E-state index in [1.54, 1.807) is 0 Å². The Labute approximate surface area is 168 Å². The number of nitro benzene ring substituents is 1. The molecule has 0 saturated carbocycles. The van der Waals surface area contributed by atoms with Gasteiger partial charge in [-0.05, 0) is 24.3 Å².